The van der Waals surface area contributed by atoms with Crippen LogP contribution in [0.3, 0.4) is 0 Å². The van der Waals surface area contributed by atoms with E-state index in [1.807, 2.05) is 0 Å². The predicted molar refractivity (Wildman–Crippen MR) is 105 cm³/mol. The normalized spacial score (nSPS) is 21.8. The highest BCUT2D eigenvalue weighted by molar-refractivity contribution is 6.30. The van der Waals surface area contributed by atoms with Crippen molar-refractivity contribution in [1.29, 1.82) is 0 Å². The predicted octanol–water partition coefficient (Wildman–Crippen LogP) is 3.82. The van der Waals surface area contributed by atoms with Crippen molar-refractivity contribution >= 4 is 29.2 Å². The molecular formula is C19H17ClF5N5O. The minimum atomic E-state index is -4.50. The molecule has 6 nitrogen and oxygen atoms in total. The minimum Gasteiger partial charge on any atom is -0.339 e. The number of rotatable bonds is 3. The van der Waals surface area contributed by atoms with E-state index in [4.69, 9.17) is 11.6 Å². The fourth-order valence-electron chi connectivity index (χ4n) is 2.92. The molecule has 3 atom stereocenters. The number of carbonyl (C=O) groups is 1. The Labute approximate surface area is 178 Å². The van der Waals surface area contributed by atoms with Gasteiger partial charge in [-0.25, -0.2) is 19.6 Å². The zero-order valence-corrected chi connectivity index (χ0v) is 16.7. The van der Waals surface area contributed by atoms with Crippen LogP contribution in [0.25, 0.3) is 0 Å². The zero-order valence-electron chi connectivity index (χ0n) is 15.9. The molecule has 0 radical (unpaired) electrons. The van der Waals surface area contributed by atoms with Crippen LogP contribution in [-0.4, -0.2) is 30.3 Å². The van der Waals surface area contributed by atoms with Gasteiger partial charge < -0.3 is 10.6 Å². The van der Waals surface area contributed by atoms with Gasteiger partial charge in [0.25, 0.3) is 5.91 Å². The molecule has 3 unspecified atom stereocenters. The van der Waals surface area contributed by atoms with E-state index in [-0.39, 0.29) is 11.5 Å². The average Bonchev–Trinajstić information content (AvgIpc) is 3.04. The minimum absolute atomic E-state index is 0.217. The molecule has 1 heterocycles. The molecule has 0 spiro atoms. The van der Waals surface area contributed by atoms with Crippen molar-refractivity contribution in [3.8, 4) is 0 Å². The van der Waals surface area contributed by atoms with E-state index >= 15 is 0 Å². The number of guanidine groups is 1. The third-order valence-corrected chi connectivity index (χ3v) is 4.79. The summed E-state index contributed by atoms with van der Waals surface area (Å²) in [5.74, 6) is -4.51. The number of halogens is 6. The highest BCUT2D eigenvalue weighted by atomic mass is 35.5. The fraction of sp³-hybridized carbons (Fsp3) is 0.263. The molecule has 1 saturated heterocycles. The molecule has 0 bridgehead atoms. The maximum atomic E-state index is 13.5. The van der Waals surface area contributed by atoms with Crippen LogP contribution < -0.4 is 21.5 Å². The highest BCUT2D eigenvalue weighted by Gasteiger charge is 2.49. The van der Waals surface area contributed by atoms with Crippen LogP contribution in [0.4, 0.5) is 27.6 Å². The van der Waals surface area contributed by atoms with Crippen molar-refractivity contribution in [1.82, 2.24) is 16.2 Å². The van der Waals surface area contributed by atoms with E-state index in [9.17, 15) is 26.7 Å². The van der Waals surface area contributed by atoms with Gasteiger partial charge in [0.2, 0.25) is 5.96 Å². The Hall–Kier alpha value is -2.76. The Balaban J connectivity index is 1.86. The number of hydrogen-bond donors (Lipinski definition) is 4. The standard InChI is InChI=1S/C19H17ClF5N5O/c1-9-15(19(23,24)25)29-30-16(9)27-18(26-12-4-2-3-11(20)8-12)28-17(31)10-5-6-13(21)14(22)7-10/h2-9,15-16,29-30H,1H3,(H2,26,27,28,31). The maximum absolute atomic E-state index is 13.5. The van der Waals surface area contributed by atoms with Crippen LogP contribution in [0.1, 0.15) is 17.3 Å². The van der Waals surface area contributed by atoms with Crippen LogP contribution in [0.5, 0.6) is 0 Å². The van der Waals surface area contributed by atoms with Gasteiger partial charge in [0.05, 0.1) is 6.17 Å². The van der Waals surface area contributed by atoms with Crippen LogP contribution in [0.15, 0.2) is 47.5 Å². The monoisotopic (exact) mass is 461 g/mol. The van der Waals surface area contributed by atoms with E-state index in [0.29, 0.717) is 16.8 Å². The lowest BCUT2D eigenvalue weighted by Gasteiger charge is -2.23. The molecule has 1 amide bonds. The first-order valence-corrected chi connectivity index (χ1v) is 9.37. The molecule has 12 heteroatoms. The number of alkyl halides is 3. The van der Waals surface area contributed by atoms with Crippen LogP contribution in [0, 0.1) is 17.6 Å². The number of carbonyl (C=O) groups excluding carboxylic acids is 1. The topological polar surface area (TPSA) is 77.5 Å². The van der Waals surface area contributed by atoms with Gasteiger partial charge in [0.15, 0.2) is 11.6 Å². The first kappa shape index (κ1) is 22.9. The molecule has 2 aromatic carbocycles. The number of hydrazine groups is 1. The summed E-state index contributed by atoms with van der Waals surface area (Å²) >= 11 is 5.93. The first-order valence-electron chi connectivity index (χ1n) is 8.99. The molecule has 0 aliphatic carbocycles. The Morgan fingerprint density at radius 1 is 1.10 bits per heavy atom. The third kappa shape index (κ3) is 5.69. The molecule has 31 heavy (non-hydrogen) atoms. The summed E-state index contributed by atoms with van der Waals surface area (Å²) < 4.78 is 65.9. The number of anilines is 1. The summed E-state index contributed by atoms with van der Waals surface area (Å²) in [7, 11) is 0. The zero-order chi connectivity index (χ0) is 22.8. The van der Waals surface area contributed by atoms with Gasteiger partial charge in [-0.2, -0.15) is 18.2 Å². The number of benzene rings is 2. The van der Waals surface area contributed by atoms with E-state index < -0.39 is 41.8 Å². The van der Waals surface area contributed by atoms with Gasteiger partial charge in [0, 0.05) is 22.2 Å². The van der Waals surface area contributed by atoms with Gasteiger partial charge in [0.1, 0.15) is 6.04 Å². The molecular weight excluding hydrogens is 445 g/mol. The molecule has 1 aliphatic rings. The van der Waals surface area contributed by atoms with Gasteiger partial charge >= 0.3 is 6.18 Å². The average molecular weight is 462 g/mol. The van der Waals surface area contributed by atoms with E-state index in [0.717, 1.165) is 12.1 Å². The van der Waals surface area contributed by atoms with Crippen molar-refractivity contribution < 1.29 is 26.7 Å². The molecule has 4 N–H and O–H groups in total. The lowest BCUT2D eigenvalue weighted by Crippen LogP contribution is -2.49. The highest BCUT2D eigenvalue weighted by Crippen LogP contribution is 2.29. The van der Waals surface area contributed by atoms with Crippen molar-refractivity contribution in [3.63, 3.8) is 0 Å². The summed E-state index contributed by atoms with van der Waals surface area (Å²) in [6.07, 6.45) is -5.46. The van der Waals surface area contributed by atoms with Crippen LogP contribution in [0.2, 0.25) is 5.02 Å². The number of amides is 1. The first-order chi connectivity index (χ1) is 14.5. The molecule has 166 valence electrons. The molecule has 0 saturated carbocycles. The number of hydrogen-bond acceptors (Lipinski definition) is 3. The van der Waals surface area contributed by atoms with Gasteiger partial charge in [-0.15, -0.1) is 0 Å². The van der Waals surface area contributed by atoms with Crippen molar-refractivity contribution in [3.05, 3.63) is 64.7 Å². The molecule has 1 fully saturated rings. The Morgan fingerprint density at radius 3 is 2.45 bits per heavy atom. The smallest absolute Gasteiger partial charge is 0.339 e. The summed E-state index contributed by atoms with van der Waals surface area (Å²) in [5.41, 5.74) is 4.77. The summed E-state index contributed by atoms with van der Waals surface area (Å²) in [6, 6.07) is 6.96. The quantitative estimate of drug-likeness (QED) is 0.318. The SMILES string of the molecule is CC1C(N/C(=N\C(=O)c2ccc(F)c(F)c2)Nc2cccc(Cl)c2)NNC1C(F)(F)F. The Kier molecular flexibility index (Phi) is 6.77. The summed E-state index contributed by atoms with van der Waals surface area (Å²) in [6.45, 7) is 1.36. The van der Waals surface area contributed by atoms with Crippen LogP contribution in [-0.2, 0) is 0 Å². The number of aliphatic imine (C=N–C) groups is 1. The van der Waals surface area contributed by atoms with Gasteiger partial charge in [-0.05, 0) is 36.4 Å². The van der Waals surface area contributed by atoms with Crippen LogP contribution >= 0.6 is 11.6 Å². The van der Waals surface area contributed by atoms with Crippen molar-refractivity contribution in [2.45, 2.75) is 25.3 Å². The lowest BCUT2D eigenvalue weighted by molar-refractivity contribution is -0.160. The van der Waals surface area contributed by atoms with Crippen molar-refractivity contribution in [2.75, 3.05) is 5.32 Å². The summed E-state index contributed by atoms with van der Waals surface area (Å²) in [5, 5.41) is 5.82. The molecule has 1 aliphatic heterocycles. The number of nitrogens with one attached hydrogen (secondary N) is 4. The van der Waals surface area contributed by atoms with Crippen molar-refractivity contribution in [2.24, 2.45) is 10.9 Å². The second kappa shape index (κ2) is 9.16. The number of nitrogens with zero attached hydrogens (tertiary/aromatic N) is 1. The van der Waals surface area contributed by atoms with Gasteiger partial charge in [-0.1, -0.05) is 24.6 Å². The Morgan fingerprint density at radius 2 is 1.84 bits per heavy atom. The van der Waals surface area contributed by atoms with Gasteiger partial charge in [-0.3, -0.25) is 4.79 Å². The van der Waals surface area contributed by atoms with E-state index in [1.54, 1.807) is 18.2 Å². The second-order valence-electron chi connectivity index (χ2n) is 6.82. The second-order valence-corrected chi connectivity index (χ2v) is 7.26. The molecule has 2 aromatic rings. The Bertz CT molecular complexity index is 1000. The third-order valence-electron chi connectivity index (χ3n) is 4.56. The largest absolute Gasteiger partial charge is 0.405 e. The fourth-order valence-corrected chi connectivity index (χ4v) is 3.11. The van der Waals surface area contributed by atoms with E-state index in [1.165, 1.54) is 13.0 Å². The molecule has 3 rings (SSSR count). The van der Waals surface area contributed by atoms with E-state index in [2.05, 4.69) is 26.5 Å². The molecule has 0 aromatic heterocycles. The lowest BCUT2D eigenvalue weighted by atomic mass is 10.0. The maximum Gasteiger partial charge on any atom is 0.405 e. The summed E-state index contributed by atoms with van der Waals surface area (Å²) in [4.78, 5) is 16.3.